The lowest BCUT2D eigenvalue weighted by Gasteiger charge is -2.33. The number of likely N-dealkylation sites (tertiary alicyclic amines) is 1. The van der Waals surface area contributed by atoms with Gasteiger partial charge in [-0.15, -0.1) is 0 Å². The molecule has 0 aromatic carbocycles. The van der Waals surface area contributed by atoms with E-state index in [0.29, 0.717) is 18.1 Å². The Morgan fingerprint density at radius 2 is 1.96 bits per heavy atom. The zero-order valence-corrected chi connectivity index (χ0v) is 17.7. The number of halogens is 2. The van der Waals surface area contributed by atoms with Gasteiger partial charge in [-0.3, -0.25) is 0 Å². The molecular formula is C21H35F2NO4. The van der Waals surface area contributed by atoms with Crippen LogP contribution in [0.4, 0.5) is 13.6 Å². The van der Waals surface area contributed by atoms with Crippen molar-refractivity contribution in [3.63, 3.8) is 0 Å². The molecular weight excluding hydrogens is 368 g/mol. The van der Waals surface area contributed by atoms with Crippen molar-refractivity contribution in [2.75, 3.05) is 20.2 Å². The van der Waals surface area contributed by atoms with Crippen molar-refractivity contribution in [1.82, 2.24) is 4.90 Å². The highest BCUT2D eigenvalue weighted by molar-refractivity contribution is 5.65. The Balaban J connectivity index is 0.000000221. The summed E-state index contributed by atoms with van der Waals surface area (Å²) in [5.41, 5.74) is 1.46. The third-order valence-corrected chi connectivity index (χ3v) is 6.35. The number of epoxide rings is 1. The van der Waals surface area contributed by atoms with E-state index in [0.717, 1.165) is 11.3 Å². The van der Waals surface area contributed by atoms with E-state index >= 15 is 0 Å². The molecule has 5 nitrogen and oxygen atoms in total. The van der Waals surface area contributed by atoms with Crippen LogP contribution in [0, 0.1) is 11.8 Å². The summed E-state index contributed by atoms with van der Waals surface area (Å²) < 4.78 is 36.9. The Labute approximate surface area is 167 Å². The van der Waals surface area contributed by atoms with E-state index in [9.17, 15) is 13.6 Å². The number of ether oxygens (including phenoxy) is 2. The number of allylic oxidation sites excluding steroid dienone is 1. The summed E-state index contributed by atoms with van der Waals surface area (Å²) in [6.45, 7) is 7.20. The van der Waals surface area contributed by atoms with Crippen molar-refractivity contribution < 1.29 is 28.2 Å². The molecule has 0 aromatic heterocycles. The molecule has 3 aliphatic rings. The van der Waals surface area contributed by atoms with Gasteiger partial charge < -0.3 is 19.5 Å². The fourth-order valence-corrected chi connectivity index (χ4v) is 4.34. The van der Waals surface area contributed by atoms with Crippen LogP contribution in [-0.2, 0) is 9.47 Å². The minimum absolute atomic E-state index is 0.0671. The van der Waals surface area contributed by atoms with Crippen LogP contribution >= 0.6 is 0 Å². The third kappa shape index (κ3) is 5.44. The summed E-state index contributed by atoms with van der Waals surface area (Å²) in [4.78, 5) is 11.0. The number of amides is 1. The van der Waals surface area contributed by atoms with Gasteiger partial charge in [0.1, 0.15) is 0 Å². The number of carboxylic acid groups (broad SMARTS) is 1. The van der Waals surface area contributed by atoms with Gasteiger partial charge in [0.25, 0.3) is 5.92 Å². The maximum absolute atomic E-state index is 12.6. The minimum Gasteiger partial charge on any atom is -0.465 e. The van der Waals surface area contributed by atoms with Gasteiger partial charge in [0, 0.05) is 25.5 Å². The van der Waals surface area contributed by atoms with Gasteiger partial charge >= 0.3 is 6.09 Å². The van der Waals surface area contributed by atoms with E-state index in [2.05, 4.69) is 26.8 Å². The molecule has 162 valence electrons. The fraction of sp³-hybridized carbons (Fsp3) is 0.857. The topological polar surface area (TPSA) is 62.3 Å². The van der Waals surface area contributed by atoms with Crippen LogP contribution in [0.1, 0.15) is 59.8 Å². The van der Waals surface area contributed by atoms with E-state index in [-0.39, 0.29) is 12.1 Å². The second-order valence-corrected chi connectivity index (χ2v) is 8.80. The van der Waals surface area contributed by atoms with Crippen molar-refractivity contribution in [2.45, 2.75) is 83.5 Å². The molecule has 0 bridgehead atoms. The number of hydrogen-bond donors (Lipinski definition) is 1. The molecule has 1 saturated carbocycles. The predicted molar refractivity (Wildman–Crippen MR) is 104 cm³/mol. The molecule has 1 amide bonds. The first kappa shape index (κ1) is 23.1. The van der Waals surface area contributed by atoms with Gasteiger partial charge in [-0.2, -0.15) is 0 Å². The van der Waals surface area contributed by atoms with E-state index < -0.39 is 24.5 Å². The second-order valence-electron chi connectivity index (χ2n) is 8.80. The van der Waals surface area contributed by atoms with Gasteiger partial charge in [-0.25, -0.2) is 13.6 Å². The molecule has 0 radical (unpaired) electrons. The molecule has 3 fully saturated rings. The zero-order valence-electron chi connectivity index (χ0n) is 17.7. The van der Waals surface area contributed by atoms with Crippen molar-refractivity contribution in [3.8, 4) is 0 Å². The molecule has 7 heteroatoms. The second kappa shape index (κ2) is 9.08. The molecule has 0 aromatic rings. The molecule has 2 saturated heterocycles. The highest BCUT2D eigenvalue weighted by atomic mass is 19.3. The number of methoxy groups -OCH3 is 1. The van der Waals surface area contributed by atoms with Crippen LogP contribution in [0.3, 0.4) is 0 Å². The summed E-state index contributed by atoms with van der Waals surface area (Å²) in [7, 11) is 1.85. The number of nitrogens with zero attached hydrogens (tertiary/aromatic N) is 1. The molecule has 5 atom stereocenters. The highest BCUT2D eigenvalue weighted by Crippen LogP contribution is 2.50. The molecule has 0 spiro atoms. The smallest absolute Gasteiger partial charge is 0.407 e. The standard InChI is InChI=1S/C15H26O2.C6H9F2NO2/c1-11(2)9-10-14-15(3,17-14)12-7-5-6-8-13(12)16-4;1-4-2-9(5(10)11)3-6(4,7)8/h9,12-14H,5-8,10H2,1-4H3;4H,2-3H2,1H3,(H,10,11). The Morgan fingerprint density at radius 3 is 2.43 bits per heavy atom. The summed E-state index contributed by atoms with van der Waals surface area (Å²) in [5.74, 6) is -3.12. The normalized spacial score (nSPS) is 36.3. The Bertz CT molecular complexity index is 579. The Hall–Kier alpha value is -1.21. The summed E-state index contributed by atoms with van der Waals surface area (Å²) in [6, 6.07) is 0. The van der Waals surface area contributed by atoms with E-state index in [1.807, 2.05) is 7.11 Å². The van der Waals surface area contributed by atoms with E-state index in [1.54, 1.807) is 0 Å². The summed E-state index contributed by atoms with van der Waals surface area (Å²) in [5, 5.41) is 8.36. The van der Waals surface area contributed by atoms with Gasteiger partial charge in [0.2, 0.25) is 0 Å². The lowest BCUT2D eigenvalue weighted by molar-refractivity contribution is -0.0202. The predicted octanol–water partition coefficient (Wildman–Crippen LogP) is 4.96. The third-order valence-electron chi connectivity index (χ3n) is 6.35. The van der Waals surface area contributed by atoms with Crippen molar-refractivity contribution in [1.29, 1.82) is 0 Å². The van der Waals surface area contributed by atoms with Crippen molar-refractivity contribution in [3.05, 3.63) is 11.6 Å². The van der Waals surface area contributed by atoms with Gasteiger partial charge in [0.05, 0.1) is 24.4 Å². The summed E-state index contributed by atoms with van der Waals surface area (Å²) >= 11 is 0. The van der Waals surface area contributed by atoms with Crippen LogP contribution in [0.5, 0.6) is 0 Å². The largest absolute Gasteiger partial charge is 0.465 e. The molecule has 28 heavy (non-hydrogen) atoms. The molecule has 3 rings (SSSR count). The first-order chi connectivity index (χ1) is 13.0. The molecule has 1 N–H and O–H groups in total. The van der Waals surface area contributed by atoms with Crippen LogP contribution in [-0.4, -0.2) is 60.0 Å². The summed E-state index contributed by atoms with van der Waals surface area (Å²) in [6.07, 6.45) is 8.02. The van der Waals surface area contributed by atoms with Crippen molar-refractivity contribution >= 4 is 6.09 Å². The van der Waals surface area contributed by atoms with Crippen LogP contribution in [0.25, 0.3) is 0 Å². The quantitative estimate of drug-likeness (QED) is 0.532. The van der Waals surface area contributed by atoms with Crippen molar-refractivity contribution in [2.24, 2.45) is 11.8 Å². The fourth-order valence-electron chi connectivity index (χ4n) is 4.34. The SMILES string of the molecule is CC1CN(C(=O)O)CC1(F)F.COC1CCCCC1C1(C)OC1CC=C(C)C. The molecule has 1 aliphatic carbocycles. The maximum Gasteiger partial charge on any atom is 0.407 e. The van der Waals surface area contributed by atoms with Crippen LogP contribution in [0.2, 0.25) is 0 Å². The first-order valence-electron chi connectivity index (χ1n) is 10.2. The molecule has 5 unspecified atom stereocenters. The highest BCUT2D eigenvalue weighted by Gasteiger charge is 2.58. The lowest BCUT2D eigenvalue weighted by atomic mass is 9.76. The zero-order chi connectivity index (χ0) is 21.1. The molecule has 2 aliphatic heterocycles. The van der Waals surface area contributed by atoms with Crippen LogP contribution in [0.15, 0.2) is 11.6 Å². The number of rotatable bonds is 4. The van der Waals surface area contributed by atoms with Gasteiger partial charge in [0.15, 0.2) is 0 Å². The van der Waals surface area contributed by atoms with E-state index in [1.165, 1.54) is 38.2 Å². The van der Waals surface area contributed by atoms with Crippen LogP contribution < -0.4 is 0 Å². The minimum atomic E-state index is -2.85. The molecule has 2 heterocycles. The Kier molecular flexibility index (Phi) is 7.48. The van der Waals surface area contributed by atoms with Gasteiger partial charge in [-0.05, 0) is 40.0 Å². The van der Waals surface area contributed by atoms with E-state index in [4.69, 9.17) is 14.6 Å². The first-order valence-corrected chi connectivity index (χ1v) is 10.2. The lowest BCUT2D eigenvalue weighted by Crippen LogP contribution is -2.37. The number of hydrogen-bond acceptors (Lipinski definition) is 3. The maximum atomic E-state index is 12.6. The number of alkyl halides is 2. The average molecular weight is 404 g/mol. The Morgan fingerprint density at radius 1 is 1.32 bits per heavy atom. The number of carbonyl (C=O) groups is 1. The van der Waals surface area contributed by atoms with Gasteiger partial charge in [-0.1, -0.05) is 31.4 Å². The average Bonchev–Trinajstić information content (AvgIpc) is 3.21. The monoisotopic (exact) mass is 403 g/mol.